The van der Waals surface area contributed by atoms with E-state index in [1.54, 1.807) is 23.0 Å². The molecule has 0 spiro atoms. The van der Waals surface area contributed by atoms with Crippen LogP contribution in [-0.2, 0) is 0 Å². The minimum atomic E-state index is -0.870. The van der Waals surface area contributed by atoms with E-state index >= 15 is 0 Å². The molecule has 1 aromatic carbocycles. The molecule has 2 heterocycles. The van der Waals surface area contributed by atoms with Gasteiger partial charge < -0.3 is 5.11 Å². The lowest BCUT2D eigenvalue weighted by Crippen LogP contribution is -2.08. The number of hydrogen-bond donors (Lipinski definition) is 1. The number of aliphatic hydroxyl groups is 1. The topological polar surface area (TPSA) is 63.8 Å². The fourth-order valence-electron chi connectivity index (χ4n) is 1.96. The lowest BCUT2D eigenvalue weighted by atomic mass is 10.1. The first kappa shape index (κ1) is 12.8. The lowest BCUT2D eigenvalue weighted by molar-refractivity contribution is 0.212. The zero-order chi connectivity index (χ0) is 13.9. The Morgan fingerprint density at radius 2 is 1.95 bits per heavy atom. The van der Waals surface area contributed by atoms with Crippen LogP contribution in [0.25, 0.3) is 5.69 Å². The molecule has 20 heavy (non-hydrogen) atoms. The molecule has 0 amide bonds. The number of hydrogen-bond acceptors (Lipinski definition) is 4. The van der Waals surface area contributed by atoms with E-state index < -0.39 is 6.10 Å². The highest BCUT2D eigenvalue weighted by molar-refractivity contribution is 6.29. The van der Waals surface area contributed by atoms with Gasteiger partial charge in [0.15, 0.2) is 0 Å². The summed E-state index contributed by atoms with van der Waals surface area (Å²) >= 11 is 5.85. The third kappa shape index (κ3) is 2.41. The first-order valence-corrected chi connectivity index (χ1v) is 6.39. The third-order valence-corrected chi connectivity index (χ3v) is 3.13. The molecule has 1 atom stereocenters. The Bertz CT molecular complexity index is 714. The number of benzene rings is 1. The second-order valence-corrected chi connectivity index (χ2v) is 4.61. The minimum absolute atomic E-state index is 0.334. The van der Waals surface area contributed by atoms with Crippen molar-refractivity contribution in [3.8, 4) is 5.69 Å². The van der Waals surface area contributed by atoms with Crippen LogP contribution in [-0.4, -0.2) is 25.1 Å². The quantitative estimate of drug-likeness (QED) is 0.751. The maximum atomic E-state index is 10.5. The Kier molecular flexibility index (Phi) is 3.45. The molecule has 6 heteroatoms. The van der Waals surface area contributed by atoms with E-state index in [1.807, 2.05) is 30.3 Å². The number of para-hydroxylation sites is 1. The minimum Gasteiger partial charge on any atom is -0.382 e. The van der Waals surface area contributed by atoms with Crippen LogP contribution in [0.4, 0.5) is 0 Å². The molecule has 100 valence electrons. The van der Waals surface area contributed by atoms with Crippen LogP contribution in [0.1, 0.15) is 17.4 Å². The van der Waals surface area contributed by atoms with Gasteiger partial charge in [0.2, 0.25) is 0 Å². The highest BCUT2D eigenvalue weighted by Gasteiger charge is 2.17. The van der Waals surface area contributed by atoms with Gasteiger partial charge in [0.25, 0.3) is 0 Å². The Morgan fingerprint density at radius 3 is 2.70 bits per heavy atom. The number of rotatable bonds is 3. The zero-order valence-electron chi connectivity index (χ0n) is 10.4. The van der Waals surface area contributed by atoms with Crippen molar-refractivity contribution in [3.05, 3.63) is 71.3 Å². The van der Waals surface area contributed by atoms with Crippen molar-refractivity contribution in [1.82, 2.24) is 20.0 Å². The SMILES string of the molecule is OC(c1ccnc(Cl)c1)c1cnnn1-c1ccccc1. The standard InChI is InChI=1S/C14H11ClN4O/c15-13-8-10(6-7-16-13)14(20)12-9-17-18-19(12)11-4-2-1-3-5-11/h1-9,14,20H. The molecule has 0 aliphatic heterocycles. The number of pyridine rings is 1. The number of halogens is 1. The Morgan fingerprint density at radius 1 is 1.15 bits per heavy atom. The largest absolute Gasteiger partial charge is 0.382 e. The average Bonchev–Trinajstić information content (AvgIpc) is 2.97. The lowest BCUT2D eigenvalue weighted by Gasteiger charge is -2.12. The summed E-state index contributed by atoms with van der Waals surface area (Å²) in [5.74, 6) is 0. The molecule has 0 saturated heterocycles. The van der Waals surface area contributed by atoms with Gasteiger partial charge >= 0.3 is 0 Å². The van der Waals surface area contributed by atoms with Crippen molar-refractivity contribution in [1.29, 1.82) is 0 Å². The summed E-state index contributed by atoms with van der Waals surface area (Å²) in [7, 11) is 0. The third-order valence-electron chi connectivity index (χ3n) is 2.92. The van der Waals surface area contributed by atoms with Crippen molar-refractivity contribution >= 4 is 11.6 Å². The van der Waals surface area contributed by atoms with Gasteiger partial charge in [0.1, 0.15) is 11.3 Å². The fraction of sp³-hybridized carbons (Fsp3) is 0.0714. The Labute approximate surface area is 120 Å². The van der Waals surface area contributed by atoms with Crippen LogP contribution < -0.4 is 0 Å². The summed E-state index contributed by atoms with van der Waals surface area (Å²) in [6.45, 7) is 0. The molecule has 0 radical (unpaired) electrons. The summed E-state index contributed by atoms with van der Waals surface area (Å²) in [5, 5.41) is 18.7. The number of aromatic nitrogens is 4. The van der Waals surface area contributed by atoms with Gasteiger partial charge in [-0.2, -0.15) is 0 Å². The number of aliphatic hydroxyl groups excluding tert-OH is 1. The van der Waals surface area contributed by atoms with Crippen LogP contribution in [0.15, 0.2) is 54.9 Å². The van der Waals surface area contributed by atoms with E-state index in [2.05, 4.69) is 15.3 Å². The van der Waals surface area contributed by atoms with Gasteiger partial charge in [-0.15, -0.1) is 5.10 Å². The summed E-state index contributed by atoms with van der Waals surface area (Å²) in [6, 6.07) is 12.8. The molecule has 1 N–H and O–H groups in total. The van der Waals surface area contributed by atoms with E-state index in [4.69, 9.17) is 11.6 Å². The molecule has 0 aliphatic rings. The van der Waals surface area contributed by atoms with E-state index in [1.165, 1.54) is 6.20 Å². The smallest absolute Gasteiger partial charge is 0.129 e. The predicted molar refractivity (Wildman–Crippen MR) is 74.7 cm³/mol. The van der Waals surface area contributed by atoms with E-state index in [0.717, 1.165) is 5.69 Å². The van der Waals surface area contributed by atoms with Crippen LogP contribution in [0.3, 0.4) is 0 Å². The molecule has 0 fully saturated rings. The van der Waals surface area contributed by atoms with Crippen molar-refractivity contribution in [3.63, 3.8) is 0 Å². The van der Waals surface area contributed by atoms with Gasteiger partial charge in [0, 0.05) is 6.20 Å². The molecule has 0 aliphatic carbocycles. The Balaban J connectivity index is 2.02. The van der Waals surface area contributed by atoms with E-state index in [-0.39, 0.29) is 0 Å². The molecule has 5 nitrogen and oxygen atoms in total. The normalized spacial score (nSPS) is 12.3. The Hall–Kier alpha value is -2.24. The highest BCUT2D eigenvalue weighted by Crippen LogP contribution is 2.24. The van der Waals surface area contributed by atoms with Crippen molar-refractivity contribution < 1.29 is 5.11 Å². The van der Waals surface area contributed by atoms with E-state index in [9.17, 15) is 5.11 Å². The first-order valence-electron chi connectivity index (χ1n) is 6.01. The monoisotopic (exact) mass is 286 g/mol. The zero-order valence-corrected chi connectivity index (χ0v) is 11.1. The van der Waals surface area contributed by atoms with Gasteiger partial charge in [0.05, 0.1) is 17.6 Å². The average molecular weight is 287 g/mol. The molecule has 0 bridgehead atoms. The predicted octanol–water partition coefficient (Wildman–Crippen LogP) is 2.40. The summed E-state index contributed by atoms with van der Waals surface area (Å²) in [6.07, 6.45) is 2.22. The second kappa shape index (κ2) is 5.40. The van der Waals surface area contributed by atoms with Gasteiger partial charge in [-0.3, -0.25) is 0 Å². The fourth-order valence-corrected chi connectivity index (χ4v) is 2.14. The number of nitrogens with zero attached hydrogens (tertiary/aromatic N) is 4. The van der Waals surface area contributed by atoms with Crippen LogP contribution in [0, 0.1) is 0 Å². The maximum Gasteiger partial charge on any atom is 0.129 e. The molecular formula is C14H11ClN4O. The molecular weight excluding hydrogens is 276 g/mol. The van der Waals surface area contributed by atoms with E-state index in [0.29, 0.717) is 16.4 Å². The summed E-state index contributed by atoms with van der Waals surface area (Å²) in [4.78, 5) is 3.90. The van der Waals surface area contributed by atoms with Crippen LogP contribution in [0.5, 0.6) is 0 Å². The molecule has 0 saturated carbocycles. The molecule has 2 aromatic heterocycles. The summed E-state index contributed by atoms with van der Waals surface area (Å²) in [5.41, 5.74) is 2.04. The van der Waals surface area contributed by atoms with Gasteiger partial charge in [-0.05, 0) is 29.8 Å². The second-order valence-electron chi connectivity index (χ2n) is 4.22. The maximum absolute atomic E-state index is 10.5. The van der Waals surface area contributed by atoms with Crippen LogP contribution in [0.2, 0.25) is 5.15 Å². The summed E-state index contributed by atoms with van der Waals surface area (Å²) < 4.78 is 1.60. The molecule has 1 unspecified atom stereocenters. The van der Waals surface area contributed by atoms with Crippen molar-refractivity contribution in [2.75, 3.05) is 0 Å². The first-order chi connectivity index (χ1) is 9.75. The van der Waals surface area contributed by atoms with Gasteiger partial charge in [-0.25, -0.2) is 9.67 Å². The molecule has 3 rings (SSSR count). The van der Waals surface area contributed by atoms with Gasteiger partial charge in [-0.1, -0.05) is 35.0 Å². The van der Waals surface area contributed by atoms with Crippen molar-refractivity contribution in [2.45, 2.75) is 6.10 Å². The van der Waals surface area contributed by atoms with Crippen LogP contribution >= 0.6 is 11.6 Å². The molecule has 3 aromatic rings. The van der Waals surface area contributed by atoms with Crippen molar-refractivity contribution in [2.24, 2.45) is 0 Å². The highest BCUT2D eigenvalue weighted by atomic mass is 35.5.